The molecule has 356 valence electrons. The van der Waals surface area contributed by atoms with Crippen LogP contribution < -0.4 is 0 Å². The molecular formula is C54H104O6. The first-order valence-corrected chi connectivity index (χ1v) is 26.9. The van der Waals surface area contributed by atoms with Crippen LogP contribution in [0.3, 0.4) is 0 Å². The van der Waals surface area contributed by atoms with Gasteiger partial charge in [0.15, 0.2) is 6.10 Å². The molecule has 0 aromatic heterocycles. The van der Waals surface area contributed by atoms with E-state index in [1.165, 1.54) is 193 Å². The molecule has 1 atom stereocenters. The third kappa shape index (κ3) is 47.5. The van der Waals surface area contributed by atoms with Gasteiger partial charge in [-0.3, -0.25) is 14.4 Å². The minimum Gasteiger partial charge on any atom is -0.462 e. The van der Waals surface area contributed by atoms with Gasteiger partial charge in [0, 0.05) is 19.3 Å². The topological polar surface area (TPSA) is 78.9 Å². The van der Waals surface area contributed by atoms with E-state index in [-0.39, 0.29) is 31.1 Å². The molecule has 0 aromatic carbocycles. The van der Waals surface area contributed by atoms with Gasteiger partial charge < -0.3 is 14.2 Å². The van der Waals surface area contributed by atoms with Crippen LogP contribution in [-0.2, 0) is 28.6 Å². The number of esters is 3. The largest absolute Gasteiger partial charge is 0.462 e. The predicted octanol–water partition coefficient (Wildman–Crippen LogP) is 17.5. The van der Waals surface area contributed by atoms with Crippen molar-refractivity contribution in [1.29, 1.82) is 0 Å². The van der Waals surface area contributed by atoms with Crippen molar-refractivity contribution >= 4 is 17.9 Å². The Labute approximate surface area is 374 Å². The summed E-state index contributed by atoms with van der Waals surface area (Å²) in [7, 11) is 0. The summed E-state index contributed by atoms with van der Waals surface area (Å²) >= 11 is 0. The van der Waals surface area contributed by atoms with Crippen molar-refractivity contribution in [1.82, 2.24) is 0 Å². The van der Waals surface area contributed by atoms with Gasteiger partial charge >= 0.3 is 17.9 Å². The maximum absolute atomic E-state index is 12.7. The van der Waals surface area contributed by atoms with Crippen LogP contribution in [0.25, 0.3) is 0 Å². The van der Waals surface area contributed by atoms with Gasteiger partial charge in [-0.15, -0.1) is 0 Å². The molecule has 0 spiro atoms. The molecule has 0 rings (SSSR count). The average Bonchev–Trinajstić information content (AvgIpc) is 3.23. The fraction of sp³-hybridized carbons (Fsp3) is 0.944. The number of ether oxygens (including phenoxy) is 3. The first-order chi connectivity index (χ1) is 29.4. The Morgan fingerprint density at radius 1 is 0.317 bits per heavy atom. The van der Waals surface area contributed by atoms with Gasteiger partial charge in [-0.25, -0.2) is 0 Å². The summed E-state index contributed by atoms with van der Waals surface area (Å²) in [6.07, 6.45) is 51.3. The van der Waals surface area contributed by atoms with Crippen LogP contribution in [-0.4, -0.2) is 37.2 Å². The molecule has 6 nitrogen and oxygen atoms in total. The summed E-state index contributed by atoms with van der Waals surface area (Å²) in [6, 6.07) is 0. The van der Waals surface area contributed by atoms with E-state index in [1.807, 2.05) is 0 Å². The van der Waals surface area contributed by atoms with E-state index in [0.29, 0.717) is 19.3 Å². The first kappa shape index (κ1) is 58.4. The summed E-state index contributed by atoms with van der Waals surface area (Å²) in [5, 5.41) is 0. The number of hydrogen-bond donors (Lipinski definition) is 0. The first-order valence-electron chi connectivity index (χ1n) is 26.9. The van der Waals surface area contributed by atoms with Crippen LogP contribution in [0.4, 0.5) is 0 Å². The highest BCUT2D eigenvalue weighted by molar-refractivity contribution is 5.71. The second-order valence-electron chi connectivity index (χ2n) is 19.0. The van der Waals surface area contributed by atoms with E-state index in [1.54, 1.807) is 0 Å². The lowest BCUT2D eigenvalue weighted by Gasteiger charge is -2.18. The molecule has 0 unspecified atom stereocenters. The zero-order valence-electron chi connectivity index (χ0n) is 40.9. The number of carbonyl (C=O) groups is 3. The van der Waals surface area contributed by atoms with Crippen molar-refractivity contribution in [2.45, 2.75) is 310 Å². The van der Waals surface area contributed by atoms with Gasteiger partial charge in [0.2, 0.25) is 0 Å². The molecule has 0 aromatic rings. The van der Waals surface area contributed by atoms with Crippen LogP contribution in [0.1, 0.15) is 304 Å². The van der Waals surface area contributed by atoms with E-state index < -0.39 is 6.10 Å². The van der Waals surface area contributed by atoms with Gasteiger partial charge in [-0.2, -0.15) is 0 Å². The lowest BCUT2D eigenvalue weighted by Crippen LogP contribution is -2.30. The molecule has 0 aliphatic rings. The maximum atomic E-state index is 12.7. The summed E-state index contributed by atoms with van der Waals surface area (Å²) < 4.78 is 16.7. The van der Waals surface area contributed by atoms with E-state index in [0.717, 1.165) is 70.1 Å². The Morgan fingerprint density at radius 2 is 0.550 bits per heavy atom. The van der Waals surface area contributed by atoms with Crippen molar-refractivity contribution in [2.24, 2.45) is 5.92 Å². The molecule has 0 saturated carbocycles. The smallest absolute Gasteiger partial charge is 0.306 e. The van der Waals surface area contributed by atoms with Crippen LogP contribution in [0, 0.1) is 5.92 Å². The molecule has 0 N–H and O–H groups in total. The maximum Gasteiger partial charge on any atom is 0.306 e. The summed E-state index contributed by atoms with van der Waals surface area (Å²) in [4.78, 5) is 37.7. The third-order valence-corrected chi connectivity index (χ3v) is 12.3. The molecule has 0 saturated heterocycles. The summed E-state index contributed by atoms with van der Waals surface area (Å²) in [6.45, 7) is 8.98. The van der Waals surface area contributed by atoms with Crippen molar-refractivity contribution < 1.29 is 28.6 Å². The standard InChI is InChI=1S/C54H104O6/c1-5-7-9-11-12-13-14-15-16-22-26-29-32-35-39-43-47-54(57)60-51(48-58-52(55)45-41-36-10-8-6-2)49-59-53(56)46-42-38-34-31-28-25-23-20-18-17-19-21-24-27-30-33-37-40-44-50(3)4/h50-51H,5-49H2,1-4H3/t51-/m1/s1. The molecule has 0 bridgehead atoms. The number of unbranched alkanes of at least 4 members (excludes halogenated alkanes) is 36. The monoisotopic (exact) mass is 849 g/mol. The van der Waals surface area contributed by atoms with Gasteiger partial charge in [-0.05, 0) is 25.2 Å². The SMILES string of the molecule is CCCCCCCCCCCCCCCCCCC(=O)O[C@H](COC(=O)CCCCCCC)COC(=O)CCCCCCCCCCCCCCCCCCCCC(C)C. The average molecular weight is 849 g/mol. The van der Waals surface area contributed by atoms with Crippen LogP contribution >= 0.6 is 0 Å². The number of carbonyl (C=O) groups excluding carboxylic acids is 3. The van der Waals surface area contributed by atoms with Crippen LogP contribution in [0.15, 0.2) is 0 Å². The van der Waals surface area contributed by atoms with Gasteiger partial charge in [0.1, 0.15) is 13.2 Å². The zero-order valence-corrected chi connectivity index (χ0v) is 40.9. The normalized spacial score (nSPS) is 11.9. The molecule has 6 heteroatoms. The van der Waals surface area contributed by atoms with Gasteiger partial charge in [0.25, 0.3) is 0 Å². The molecule has 0 fully saturated rings. The Bertz CT molecular complexity index is 903. The summed E-state index contributed by atoms with van der Waals surface area (Å²) in [5.74, 6) is 0.00245. The molecule has 0 aliphatic heterocycles. The number of hydrogen-bond acceptors (Lipinski definition) is 6. The Balaban J connectivity index is 4.05. The van der Waals surface area contributed by atoms with Crippen molar-refractivity contribution in [3.05, 3.63) is 0 Å². The quantitative estimate of drug-likeness (QED) is 0.0345. The summed E-state index contributed by atoms with van der Waals surface area (Å²) in [5.41, 5.74) is 0. The molecule has 0 radical (unpaired) electrons. The lowest BCUT2D eigenvalue weighted by molar-refractivity contribution is -0.167. The van der Waals surface area contributed by atoms with E-state index in [2.05, 4.69) is 27.7 Å². The van der Waals surface area contributed by atoms with Crippen molar-refractivity contribution in [2.75, 3.05) is 13.2 Å². The molecule has 0 aliphatic carbocycles. The highest BCUT2D eigenvalue weighted by atomic mass is 16.6. The predicted molar refractivity (Wildman–Crippen MR) is 257 cm³/mol. The highest BCUT2D eigenvalue weighted by Crippen LogP contribution is 2.18. The lowest BCUT2D eigenvalue weighted by atomic mass is 10.0. The Morgan fingerprint density at radius 3 is 0.817 bits per heavy atom. The van der Waals surface area contributed by atoms with Gasteiger partial charge in [0.05, 0.1) is 0 Å². The van der Waals surface area contributed by atoms with E-state index >= 15 is 0 Å². The fourth-order valence-corrected chi connectivity index (χ4v) is 8.22. The second kappa shape index (κ2) is 48.4. The zero-order chi connectivity index (χ0) is 43.8. The second-order valence-corrected chi connectivity index (χ2v) is 19.0. The number of rotatable bonds is 49. The molecule has 0 heterocycles. The van der Waals surface area contributed by atoms with Crippen molar-refractivity contribution in [3.8, 4) is 0 Å². The Hall–Kier alpha value is -1.59. The molecule has 0 amide bonds. The third-order valence-electron chi connectivity index (χ3n) is 12.3. The van der Waals surface area contributed by atoms with E-state index in [9.17, 15) is 14.4 Å². The van der Waals surface area contributed by atoms with Crippen LogP contribution in [0.5, 0.6) is 0 Å². The van der Waals surface area contributed by atoms with Crippen LogP contribution in [0.2, 0.25) is 0 Å². The molecule has 60 heavy (non-hydrogen) atoms. The minimum atomic E-state index is -0.759. The molecular weight excluding hydrogens is 745 g/mol. The van der Waals surface area contributed by atoms with Gasteiger partial charge in [-0.1, -0.05) is 265 Å². The fourth-order valence-electron chi connectivity index (χ4n) is 8.22. The highest BCUT2D eigenvalue weighted by Gasteiger charge is 2.19. The Kier molecular flexibility index (Phi) is 47.2. The van der Waals surface area contributed by atoms with Crippen molar-refractivity contribution in [3.63, 3.8) is 0 Å². The van der Waals surface area contributed by atoms with E-state index in [4.69, 9.17) is 14.2 Å². The minimum absolute atomic E-state index is 0.0635.